The summed E-state index contributed by atoms with van der Waals surface area (Å²) in [6.45, 7) is 1.97. The Bertz CT molecular complexity index is 408. The molecule has 0 amide bonds. The molecule has 0 fully saturated rings. The van der Waals surface area contributed by atoms with Crippen LogP contribution in [0.15, 0.2) is 12.1 Å². The molecule has 4 N–H and O–H groups in total. The number of ether oxygens (including phenoxy) is 3. The van der Waals surface area contributed by atoms with Gasteiger partial charge in [0.25, 0.3) is 0 Å². The van der Waals surface area contributed by atoms with E-state index in [1.54, 1.807) is 27.4 Å². The van der Waals surface area contributed by atoms with Crippen molar-refractivity contribution < 1.29 is 14.2 Å². The van der Waals surface area contributed by atoms with Gasteiger partial charge in [-0.15, -0.1) is 0 Å². The van der Waals surface area contributed by atoms with Crippen molar-refractivity contribution in [1.82, 2.24) is 0 Å². The lowest BCUT2D eigenvalue weighted by molar-refractivity contribution is 0.346. The molecule has 5 nitrogen and oxygen atoms in total. The van der Waals surface area contributed by atoms with Crippen molar-refractivity contribution >= 4 is 0 Å². The summed E-state index contributed by atoms with van der Waals surface area (Å²) in [4.78, 5) is 0. The summed E-state index contributed by atoms with van der Waals surface area (Å²) >= 11 is 0. The summed E-state index contributed by atoms with van der Waals surface area (Å²) in [6, 6.07) is 3.65. The van der Waals surface area contributed by atoms with E-state index in [4.69, 9.17) is 25.7 Å². The highest BCUT2D eigenvalue weighted by molar-refractivity contribution is 5.51. The van der Waals surface area contributed by atoms with E-state index < -0.39 is 0 Å². The highest BCUT2D eigenvalue weighted by Crippen LogP contribution is 2.37. The van der Waals surface area contributed by atoms with Gasteiger partial charge in [-0.3, -0.25) is 0 Å². The van der Waals surface area contributed by atoms with Crippen LogP contribution in [0.25, 0.3) is 0 Å². The Morgan fingerprint density at radius 1 is 0.895 bits per heavy atom. The van der Waals surface area contributed by atoms with Gasteiger partial charge in [0.15, 0.2) is 11.5 Å². The molecule has 0 heterocycles. The molecular formula is C14H24N2O3. The van der Waals surface area contributed by atoms with Crippen LogP contribution >= 0.6 is 0 Å². The molecule has 2 atom stereocenters. The van der Waals surface area contributed by atoms with Crippen LogP contribution in [0.2, 0.25) is 0 Å². The Balaban J connectivity index is 3.03. The lowest BCUT2D eigenvalue weighted by Gasteiger charge is -2.19. The molecule has 1 rings (SSSR count). The minimum absolute atomic E-state index is 0.136. The molecule has 0 saturated carbocycles. The van der Waals surface area contributed by atoms with Gasteiger partial charge in [0.05, 0.1) is 21.3 Å². The van der Waals surface area contributed by atoms with E-state index in [1.807, 2.05) is 13.0 Å². The van der Waals surface area contributed by atoms with E-state index in [-0.39, 0.29) is 12.1 Å². The molecule has 19 heavy (non-hydrogen) atoms. The highest BCUT2D eigenvalue weighted by atomic mass is 16.5. The molecule has 0 aliphatic heterocycles. The van der Waals surface area contributed by atoms with Gasteiger partial charge in [0.2, 0.25) is 0 Å². The Morgan fingerprint density at radius 3 is 1.89 bits per heavy atom. The highest BCUT2D eigenvalue weighted by Gasteiger charge is 2.17. The third-order valence-corrected chi connectivity index (χ3v) is 3.07. The predicted molar refractivity (Wildman–Crippen MR) is 75.9 cm³/mol. The zero-order valence-corrected chi connectivity index (χ0v) is 12.1. The predicted octanol–water partition coefficient (Wildman–Crippen LogP) is 1.84. The van der Waals surface area contributed by atoms with Crippen molar-refractivity contribution in [3.8, 4) is 17.2 Å². The van der Waals surface area contributed by atoms with Gasteiger partial charge >= 0.3 is 0 Å². The Labute approximate surface area is 114 Å². The number of methoxy groups -OCH3 is 3. The van der Waals surface area contributed by atoms with E-state index in [9.17, 15) is 0 Å². The normalized spacial score (nSPS) is 13.8. The fourth-order valence-corrected chi connectivity index (χ4v) is 1.94. The van der Waals surface area contributed by atoms with Gasteiger partial charge in [-0.25, -0.2) is 0 Å². The minimum atomic E-state index is -0.138. The third kappa shape index (κ3) is 4.01. The van der Waals surface area contributed by atoms with Gasteiger partial charge in [0.1, 0.15) is 5.75 Å². The van der Waals surface area contributed by atoms with Crippen molar-refractivity contribution in [2.45, 2.75) is 31.8 Å². The second-order valence-corrected chi connectivity index (χ2v) is 4.61. The molecule has 0 saturated heterocycles. The summed E-state index contributed by atoms with van der Waals surface area (Å²) in [5, 5.41) is 0. The zero-order valence-electron chi connectivity index (χ0n) is 12.1. The molecule has 5 heteroatoms. The van der Waals surface area contributed by atoms with Crippen molar-refractivity contribution in [2.75, 3.05) is 21.3 Å². The molecule has 0 bridgehead atoms. The van der Waals surface area contributed by atoms with E-state index in [2.05, 4.69) is 0 Å². The molecule has 0 aliphatic rings. The van der Waals surface area contributed by atoms with E-state index >= 15 is 0 Å². The lowest BCUT2D eigenvalue weighted by Crippen LogP contribution is -2.19. The van der Waals surface area contributed by atoms with E-state index in [0.717, 1.165) is 18.4 Å². The van der Waals surface area contributed by atoms with Crippen LogP contribution in [-0.4, -0.2) is 27.4 Å². The van der Waals surface area contributed by atoms with Crippen LogP contribution in [0.3, 0.4) is 0 Å². The van der Waals surface area contributed by atoms with Gasteiger partial charge < -0.3 is 25.7 Å². The third-order valence-electron chi connectivity index (χ3n) is 3.07. The first-order valence-electron chi connectivity index (χ1n) is 6.34. The molecule has 1 aromatic carbocycles. The van der Waals surface area contributed by atoms with E-state index in [0.29, 0.717) is 17.2 Å². The van der Waals surface area contributed by atoms with Crippen LogP contribution in [0.4, 0.5) is 0 Å². The van der Waals surface area contributed by atoms with Gasteiger partial charge in [0, 0.05) is 23.7 Å². The maximum Gasteiger partial charge on any atom is 0.164 e. The monoisotopic (exact) mass is 268 g/mol. The zero-order chi connectivity index (χ0) is 14.4. The molecule has 1 aromatic rings. The summed E-state index contributed by atoms with van der Waals surface area (Å²) in [7, 11) is 4.80. The van der Waals surface area contributed by atoms with E-state index in [1.165, 1.54) is 0 Å². The SMILES string of the molecule is COc1cc(OC)c(C(N)CCC(C)N)cc1OC. The Kier molecular flexibility index (Phi) is 5.92. The van der Waals surface area contributed by atoms with Crippen LogP contribution in [-0.2, 0) is 0 Å². The van der Waals surface area contributed by atoms with Crippen LogP contribution in [0, 0.1) is 0 Å². The van der Waals surface area contributed by atoms with Crippen molar-refractivity contribution in [3.63, 3.8) is 0 Å². The Hall–Kier alpha value is -1.46. The minimum Gasteiger partial charge on any atom is -0.496 e. The number of nitrogens with two attached hydrogens (primary N) is 2. The average Bonchev–Trinajstić information content (AvgIpc) is 2.42. The first-order valence-corrected chi connectivity index (χ1v) is 6.34. The van der Waals surface area contributed by atoms with Crippen molar-refractivity contribution in [1.29, 1.82) is 0 Å². The largest absolute Gasteiger partial charge is 0.496 e. The molecule has 0 radical (unpaired) electrons. The number of hydrogen-bond donors (Lipinski definition) is 2. The topological polar surface area (TPSA) is 79.7 Å². The van der Waals surface area contributed by atoms with Gasteiger partial charge in [-0.2, -0.15) is 0 Å². The average molecular weight is 268 g/mol. The quantitative estimate of drug-likeness (QED) is 0.788. The second kappa shape index (κ2) is 7.21. The summed E-state index contributed by atoms with van der Waals surface area (Å²) in [5.74, 6) is 1.98. The molecular weight excluding hydrogens is 244 g/mol. The van der Waals surface area contributed by atoms with Gasteiger partial charge in [-0.1, -0.05) is 0 Å². The summed E-state index contributed by atoms with van der Waals surface area (Å²) in [5.41, 5.74) is 12.9. The smallest absolute Gasteiger partial charge is 0.164 e. The fourth-order valence-electron chi connectivity index (χ4n) is 1.94. The van der Waals surface area contributed by atoms with Crippen molar-refractivity contribution in [2.24, 2.45) is 11.5 Å². The molecule has 108 valence electrons. The molecule has 0 aromatic heterocycles. The number of benzene rings is 1. The summed E-state index contributed by atoms with van der Waals surface area (Å²) in [6.07, 6.45) is 1.65. The first-order chi connectivity index (χ1) is 9.03. The van der Waals surface area contributed by atoms with Crippen LogP contribution in [0.1, 0.15) is 31.4 Å². The molecule has 0 spiro atoms. The number of hydrogen-bond acceptors (Lipinski definition) is 5. The molecule has 0 aliphatic carbocycles. The first kappa shape index (κ1) is 15.6. The fraction of sp³-hybridized carbons (Fsp3) is 0.571. The summed E-state index contributed by atoms with van der Waals surface area (Å²) < 4.78 is 15.9. The number of rotatable bonds is 7. The standard InChI is InChI=1S/C14H24N2O3/c1-9(15)5-6-11(16)10-7-13(18-3)14(19-4)8-12(10)17-2/h7-9,11H,5-6,15-16H2,1-4H3. The van der Waals surface area contributed by atoms with Gasteiger partial charge in [-0.05, 0) is 25.8 Å². The maximum absolute atomic E-state index is 6.20. The lowest BCUT2D eigenvalue weighted by atomic mass is 9.99. The second-order valence-electron chi connectivity index (χ2n) is 4.61. The maximum atomic E-state index is 6.20. The Morgan fingerprint density at radius 2 is 1.42 bits per heavy atom. The van der Waals surface area contributed by atoms with Crippen molar-refractivity contribution in [3.05, 3.63) is 17.7 Å². The molecule has 2 unspecified atom stereocenters. The van der Waals surface area contributed by atoms with Crippen LogP contribution < -0.4 is 25.7 Å². The van der Waals surface area contributed by atoms with Crippen LogP contribution in [0.5, 0.6) is 17.2 Å².